The van der Waals surface area contributed by atoms with Gasteiger partial charge in [0.25, 0.3) is 0 Å². The van der Waals surface area contributed by atoms with Gasteiger partial charge in [-0.2, -0.15) is 0 Å². The Morgan fingerprint density at radius 3 is 2.61 bits per heavy atom. The van der Waals surface area contributed by atoms with Crippen molar-refractivity contribution in [2.45, 2.75) is 32.7 Å². The van der Waals surface area contributed by atoms with Crippen molar-refractivity contribution in [2.75, 3.05) is 18.4 Å². The molecule has 0 spiro atoms. The number of carbonyl (C=O) groups is 2. The highest BCUT2D eigenvalue weighted by Crippen LogP contribution is 2.18. The lowest BCUT2D eigenvalue weighted by molar-refractivity contribution is -0.129. The molecule has 2 amide bonds. The molecule has 0 radical (unpaired) electrons. The van der Waals surface area contributed by atoms with Crippen LogP contribution in [0.4, 0.5) is 5.82 Å². The first-order valence-corrected chi connectivity index (χ1v) is 9.55. The number of nitrogens with one attached hydrogen (secondary N) is 1. The van der Waals surface area contributed by atoms with E-state index in [1.165, 1.54) is 0 Å². The third kappa shape index (κ3) is 3.88. The van der Waals surface area contributed by atoms with Gasteiger partial charge in [-0.15, -0.1) is 0 Å². The van der Waals surface area contributed by atoms with Crippen LogP contribution in [0.2, 0.25) is 0 Å². The molecule has 144 valence electrons. The van der Waals surface area contributed by atoms with Gasteiger partial charge in [-0.3, -0.25) is 9.59 Å². The second-order valence-corrected chi connectivity index (χ2v) is 7.08. The smallest absolute Gasteiger partial charge is 0.245 e. The number of anilines is 1. The molecule has 7 heteroatoms. The van der Waals surface area contributed by atoms with E-state index in [9.17, 15) is 9.59 Å². The number of rotatable bonds is 5. The van der Waals surface area contributed by atoms with E-state index in [2.05, 4.69) is 15.3 Å². The largest absolute Gasteiger partial charge is 0.342 e. The molecular formula is C21H23N5O2. The molecule has 1 N–H and O–H groups in total. The lowest BCUT2D eigenvalue weighted by atomic mass is 10.3. The molecule has 0 unspecified atom stereocenters. The van der Waals surface area contributed by atoms with E-state index in [0.717, 1.165) is 42.7 Å². The normalized spacial score (nSPS) is 13.8. The average Bonchev–Trinajstić information content (AvgIpc) is 3.31. The van der Waals surface area contributed by atoms with Crippen LogP contribution in [0.3, 0.4) is 0 Å². The van der Waals surface area contributed by atoms with Crippen molar-refractivity contribution in [3.05, 3.63) is 54.0 Å². The van der Waals surface area contributed by atoms with Crippen LogP contribution in [0.25, 0.3) is 11.0 Å². The van der Waals surface area contributed by atoms with E-state index in [4.69, 9.17) is 0 Å². The maximum absolute atomic E-state index is 12.6. The number of aromatic nitrogens is 3. The monoisotopic (exact) mass is 377 g/mol. The number of benzene rings is 1. The van der Waals surface area contributed by atoms with Crippen LogP contribution >= 0.6 is 0 Å². The van der Waals surface area contributed by atoms with Gasteiger partial charge in [0.2, 0.25) is 11.8 Å². The summed E-state index contributed by atoms with van der Waals surface area (Å²) < 4.78 is 1.83. The van der Waals surface area contributed by atoms with Crippen molar-refractivity contribution in [3.8, 4) is 0 Å². The first-order valence-electron chi connectivity index (χ1n) is 9.55. The number of imidazole rings is 1. The third-order valence-corrected chi connectivity index (χ3v) is 4.96. The number of hydrogen-bond acceptors (Lipinski definition) is 4. The molecule has 0 saturated carbocycles. The van der Waals surface area contributed by atoms with Gasteiger partial charge in [-0.25, -0.2) is 9.97 Å². The third-order valence-electron chi connectivity index (χ3n) is 4.96. The van der Waals surface area contributed by atoms with E-state index in [1.807, 2.05) is 52.8 Å². The van der Waals surface area contributed by atoms with Gasteiger partial charge in [-0.05, 0) is 44.0 Å². The molecular weight excluding hydrogens is 354 g/mol. The highest BCUT2D eigenvalue weighted by atomic mass is 16.2. The van der Waals surface area contributed by atoms with E-state index in [-0.39, 0.29) is 24.8 Å². The molecule has 3 heterocycles. The number of hydrogen-bond donors (Lipinski definition) is 1. The molecule has 28 heavy (non-hydrogen) atoms. The Labute approximate surface area is 163 Å². The minimum Gasteiger partial charge on any atom is -0.342 e. The number of fused-ring (bicyclic) bond motifs is 1. The molecule has 0 bridgehead atoms. The van der Waals surface area contributed by atoms with E-state index in [0.29, 0.717) is 11.6 Å². The van der Waals surface area contributed by atoms with Crippen LogP contribution < -0.4 is 5.32 Å². The molecule has 1 aromatic carbocycles. The van der Waals surface area contributed by atoms with Crippen molar-refractivity contribution in [2.24, 2.45) is 0 Å². The lowest BCUT2D eigenvalue weighted by Crippen LogP contribution is -2.30. The zero-order valence-corrected chi connectivity index (χ0v) is 15.9. The SMILES string of the molecule is Cc1cccc(NC(=O)Cn2c(CC(=O)N3CCCC3)nc3ccccc32)n1. The second-order valence-electron chi connectivity index (χ2n) is 7.08. The number of carbonyl (C=O) groups excluding carboxylic acids is 2. The van der Waals surface area contributed by atoms with Crippen LogP contribution in [0, 0.1) is 6.92 Å². The fourth-order valence-corrected chi connectivity index (χ4v) is 3.59. The van der Waals surface area contributed by atoms with Crippen LogP contribution in [-0.2, 0) is 22.6 Å². The molecule has 7 nitrogen and oxygen atoms in total. The predicted octanol–water partition coefficient (Wildman–Crippen LogP) is 2.54. The number of nitrogens with zero attached hydrogens (tertiary/aromatic N) is 4. The fraction of sp³-hybridized carbons (Fsp3) is 0.333. The topological polar surface area (TPSA) is 80.1 Å². The standard InChI is InChI=1S/C21H23N5O2/c1-15-7-6-10-18(22-15)24-20(27)14-26-17-9-3-2-8-16(17)23-19(26)13-21(28)25-11-4-5-12-25/h2-3,6-10H,4-5,11-14H2,1H3,(H,22,24,27). The highest BCUT2D eigenvalue weighted by Gasteiger charge is 2.22. The van der Waals surface area contributed by atoms with Crippen molar-refractivity contribution < 1.29 is 9.59 Å². The average molecular weight is 377 g/mol. The van der Waals surface area contributed by atoms with Gasteiger partial charge < -0.3 is 14.8 Å². The van der Waals surface area contributed by atoms with Gasteiger partial charge >= 0.3 is 0 Å². The Bertz CT molecular complexity index is 1020. The van der Waals surface area contributed by atoms with Gasteiger partial charge in [0.15, 0.2) is 0 Å². The zero-order chi connectivity index (χ0) is 19.5. The van der Waals surface area contributed by atoms with E-state index >= 15 is 0 Å². The summed E-state index contributed by atoms with van der Waals surface area (Å²) in [6.45, 7) is 3.57. The summed E-state index contributed by atoms with van der Waals surface area (Å²) in [5.41, 5.74) is 2.47. The second kappa shape index (κ2) is 7.80. The number of para-hydroxylation sites is 2. The van der Waals surface area contributed by atoms with Gasteiger partial charge in [-0.1, -0.05) is 18.2 Å². The minimum atomic E-state index is -0.198. The summed E-state index contributed by atoms with van der Waals surface area (Å²) in [5.74, 6) is 1.00. The molecule has 3 aromatic rings. The predicted molar refractivity (Wildman–Crippen MR) is 107 cm³/mol. The van der Waals surface area contributed by atoms with Crippen molar-refractivity contribution in [1.29, 1.82) is 0 Å². The summed E-state index contributed by atoms with van der Waals surface area (Å²) in [4.78, 5) is 36.1. The summed E-state index contributed by atoms with van der Waals surface area (Å²) in [6.07, 6.45) is 2.30. The first-order chi connectivity index (χ1) is 13.6. The van der Waals surface area contributed by atoms with Gasteiger partial charge in [0.05, 0.1) is 17.5 Å². The van der Waals surface area contributed by atoms with E-state index in [1.54, 1.807) is 6.07 Å². The highest BCUT2D eigenvalue weighted by molar-refractivity contribution is 5.91. The zero-order valence-electron chi connectivity index (χ0n) is 15.9. The Hall–Kier alpha value is -3.22. The quantitative estimate of drug-likeness (QED) is 0.741. The molecule has 4 rings (SSSR count). The summed E-state index contributed by atoms with van der Waals surface area (Å²) in [6, 6.07) is 13.1. The molecule has 0 atom stereocenters. The van der Waals surface area contributed by atoms with Crippen LogP contribution in [-0.4, -0.2) is 44.3 Å². The summed E-state index contributed by atoms with van der Waals surface area (Å²) >= 11 is 0. The lowest BCUT2D eigenvalue weighted by Gasteiger charge is -2.15. The molecule has 1 aliphatic heterocycles. The minimum absolute atomic E-state index is 0.0646. The van der Waals surface area contributed by atoms with Crippen LogP contribution in [0.15, 0.2) is 42.5 Å². The Kier molecular flexibility index (Phi) is 5.06. The Morgan fingerprint density at radius 1 is 1.04 bits per heavy atom. The van der Waals surface area contributed by atoms with Gasteiger partial charge in [0, 0.05) is 18.8 Å². The number of pyridine rings is 1. The first kappa shape index (κ1) is 18.2. The van der Waals surface area contributed by atoms with Crippen molar-refractivity contribution >= 4 is 28.7 Å². The Balaban J connectivity index is 1.57. The van der Waals surface area contributed by atoms with Crippen molar-refractivity contribution in [3.63, 3.8) is 0 Å². The fourth-order valence-electron chi connectivity index (χ4n) is 3.59. The number of amides is 2. The Morgan fingerprint density at radius 2 is 1.82 bits per heavy atom. The van der Waals surface area contributed by atoms with E-state index < -0.39 is 0 Å². The number of likely N-dealkylation sites (tertiary alicyclic amines) is 1. The molecule has 0 aliphatic carbocycles. The summed E-state index contributed by atoms with van der Waals surface area (Å²) in [7, 11) is 0. The maximum atomic E-state index is 12.6. The maximum Gasteiger partial charge on any atom is 0.245 e. The molecule has 1 saturated heterocycles. The van der Waals surface area contributed by atoms with Crippen LogP contribution in [0.5, 0.6) is 0 Å². The molecule has 1 fully saturated rings. The van der Waals surface area contributed by atoms with Crippen molar-refractivity contribution in [1.82, 2.24) is 19.4 Å². The molecule has 2 aromatic heterocycles. The van der Waals surface area contributed by atoms with Crippen LogP contribution in [0.1, 0.15) is 24.4 Å². The molecule has 1 aliphatic rings. The number of aryl methyl sites for hydroxylation is 1. The van der Waals surface area contributed by atoms with Gasteiger partial charge in [0.1, 0.15) is 18.2 Å². The summed E-state index contributed by atoms with van der Waals surface area (Å²) in [5, 5.41) is 2.83.